The fourth-order valence-corrected chi connectivity index (χ4v) is 1.78. The van der Waals surface area contributed by atoms with Gasteiger partial charge in [-0.05, 0) is 36.0 Å². The number of nitrogens with one attached hydrogen (secondary N) is 1. The minimum absolute atomic E-state index is 0.181. The van der Waals surface area contributed by atoms with E-state index in [1.54, 1.807) is 0 Å². The van der Waals surface area contributed by atoms with E-state index in [1.165, 1.54) is 0 Å². The first kappa shape index (κ1) is 10.4. The Hall–Kier alpha value is -0.720. The minimum Gasteiger partial charge on any atom is -0.454 e. The van der Waals surface area contributed by atoms with Crippen molar-refractivity contribution >= 4 is 15.9 Å². The van der Waals surface area contributed by atoms with Crippen molar-refractivity contribution in [1.29, 1.82) is 0 Å². The van der Waals surface area contributed by atoms with Crippen molar-refractivity contribution in [2.24, 2.45) is 0 Å². The van der Waals surface area contributed by atoms with Gasteiger partial charge in [0.15, 0.2) is 4.67 Å². The van der Waals surface area contributed by atoms with Gasteiger partial charge in [-0.15, -0.1) is 12.3 Å². The van der Waals surface area contributed by atoms with Crippen LogP contribution in [0.4, 0.5) is 0 Å². The Bertz CT molecular complexity index is 324. The monoisotopic (exact) mass is 241 g/mol. The van der Waals surface area contributed by atoms with Crippen molar-refractivity contribution in [3.05, 3.63) is 22.1 Å². The zero-order valence-corrected chi connectivity index (χ0v) is 9.31. The fourth-order valence-electron chi connectivity index (χ4n) is 1.29. The van der Waals surface area contributed by atoms with E-state index in [0.29, 0.717) is 6.42 Å². The molecule has 1 N–H and O–H groups in total. The summed E-state index contributed by atoms with van der Waals surface area (Å²) in [6.07, 6.45) is 5.94. The molecule has 0 saturated carbocycles. The van der Waals surface area contributed by atoms with E-state index in [-0.39, 0.29) is 6.04 Å². The molecule has 70 valence electrons. The maximum atomic E-state index is 5.35. The highest BCUT2D eigenvalue weighted by Crippen LogP contribution is 2.26. The predicted octanol–water partition coefficient (Wildman–Crippen LogP) is 2.63. The summed E-state index contributed by atoms with van der Waals surface area (Å²) in [5.74, 6) is 3.54. The molecule has 0 bridgehead atoms. The number of aryl methyl sites for hydroxylation is 1. The molecule has 3 heteroatoms. The minimum atomic E-state index is 0.181. The summed E-state index contributed by atoms with van der Waals surface area (Å²) in [6.45, 7) is 1.93. The molecule has 1 rings (SSSR count). The molecule has 0 aliphatic heterocycles. The van der Waals surface area contributed by atoms with Gasteiger partial charge in [0, 0.05) is 18.0 Å². The molecule has 0 spiro atoms. The molecule has 0 amide bonds. The van der Waals surface area contributed by atoms with E-state index in [1.807, 2.05) is 20.0 Å². The standard InChI is InChI=1S/C10H12BrNO/c1-4-5-9(12-3)8-6-10(11)13-7(8)2/h1,6,9,12H,5H2,2-3H3. The van der Waals surface area contributed by atoms with E-state index in [2.05, 4.69) is 27.2 Å². The first-order valence-electron chi connectivity index (χ1n) is 4.05. The van der Waals surface area contributed by atoms with E-state index < -0.39 is 0 Å². The van der Waals surface area contributed by atoms with E-state index in [4.69, 9.17) is 10.8 Å². The summed E-state index contributed by atoms with van der Waals surface area (Å²) in [6, 6.07) is 2.13. The van der Waals surface area contributed by atoms with E-state index in [0.717, 1.165) is 16.0 Å². The second-order valence-electron chi connectivity index (χ2n) is 2.81. The molecule has 0 radical (unpaired) electrons. The number of hydrogen-bond donors (Lipinski definition) is 1. The van der Waals surface area contributed by atoms with Crippen molar-refractivity contribution in [1.82, 2.24) is 5.32 Å². The molecular formula is C10H12BrNO. The van der Waals surface area contributed by atoms with E-state index in [9.17, 15) is 0 Å². The lowest BCUT2D eigenvalue weighted by molar-refractivity contribution is 0.496. The summed E-state index contributed by atoms with van der Waals surface area (Å²) in [5.41, 5.74) is 1.12. The van der Waals surface area contributed by atoms with Crippen molar-refractivity contribution in [2.45, 2.75) is 19.4 Å². The number of furan rings is 1. The second-order valence-corrected chi connectivity index (χ2v) is 3.59. The van der Waals surface area contributed by atoms with Crippen LogP contribution in [0.1, 0.15) is 23.8 Å². The van der Waals surface area contributed by atoms with Gasteiger partial charge in [-0.2, -0.15) is 0 Å². The zero-order valence-electron chi connectivity index (χ0n) is 7.73. The molecule has 0 aromatic carbocycles. The van der Waals surface area contributed by atoms with Crippen LogP contribution >= 0.6 is 15.9 Å². The van der Waals surface area contributed by atoms with Crippen LogP contribution in [0, 0.1) is 19.3 Å². The Kier molecular flexibility index (Phi) is 3.58. The molecule has 2 nitrogen and oxygen atoms in total. The van der Waals surface area contributed by atoms with Crippen LogP contribution in [0.25, 0.3) is 0 Å². The molecule has 1 aromatic rings. The zero-order chi connectivity index (χ0) is 9.84. The van der Waals surface area contributed by atoms with Crippen LogP contribution in [0.5, 0.6) is 0 Å². The highest BCUT2D eigenvalue weighted by atomic mass is 79.9. The van der Waals surface area contributed by atoms with Crippen LogP contribution in [-0.4, -0.2) is 7.05 Å². The molecule has 1 aromatic heterocycles. The van der Waals surface area contributed by atoms with Crippen molar-refractivity contribution in [2.75, 3.05) is 7.05 Å². The Labute approximate surface area is 86.8 Å². The largest absolute Gasteiger partial charge is 0.454 e. The first-order chi connectivity index (χ1) is 6.19. The van der Waals surface area contributed by atoms with Crippen LogP contribution in [0.15, 0.2) is 15.2 Å². The van der Waals surface area contributed by atoms with Gasteiger partial charge >= 0.3 is 0 Å². The van der Waals surface area contributed by atoms with Gasteiger partial charge < -0.3 is 9.73 Å². The molecule has 0 aliphatic carbocycles. The highest BCUT2D eigenvalue weighted by molar-refractivity contribution is 9.10. The lowest BCUT2D eigenvalue weighted by Gasteiger charge is -2.11. The van der Waals surface area contributed by atoms with Crippen LogP contribution < -0.4 is 5.32 Å². The third-order valence-corrected chi connectivity index (χ3v) is 2.36. The first-order valence-corrected chi connectivity index (χ1v) is 4.85. The molecule has 13 heavy (non-hydrogen) atoms. The van der Waals surface area contributed by atoms with Gasteiger partial charge in [0.2, 0.25) is 0 Å². The van der Waals surface area contributed by atoms with Crippen molar-refractivity contribution in [3.63, 3.8) is 0 Å². The topological polar surface area (TPSA) is 25.2 Å². The summed E-state index contributed by atoms with van der Waals surface area (Å²) in [7, 11) is 1.89. The second kappa shape index (κ2) is 4.50. The molecular weight excluding hydrogens is 230 g/mol. The Morgan fingerprint density at radius 1 is 1.77 bits per heavy atom. The summed E-state index contributed by atoms with van der Waals surface area (Å²) < 4.78 is 6.10. The molecule has 0 aliphatic rings. The van der Waals surface area contributed by atoms with Crippen LogP contribution in [0.3, 0.4) is 0 Å². The average molecular weight is 242 g/mol. The van der Waals surface area contributed by atoms with Gasteiger partial charge in [-0.1, -0.05) is 0 Å². The van der Waals surface area contributed by atoms with E-state index >= 15 is 0 Å². The number of halogens is 1. The van der Waals surface area contributed by atoms with Gasteiger partial charge in [0.05, 0.1) is 0 Å². The quantitative estimate of drug-likeness (QED) is 0.824. The maximum absolute atomic E-state index is 5.35. The predicted molar refractivity (Wildman–Crippen MR) is 56.4 cm³/mol. The highest BCUT2D eigenvalue weighted by Gasteiger charge is 2.14. The number of terminal acetylenes is 1. The third-order valence-electron chi connectivity index (χ3n) is 1.97. The lowest BCUT2D eigenvalue weighted by Crippen LogP contribution is -2.15. The smallest absolute Gasteiger partial charge is 0.169 e. The Morgan fingerprint density at radius 3 is 2.85 bits per heavy atom. The molecule has 0 saturated heterocycles. The number of hydrogen-bond acceptors (Lipinski definition) is 2. The molecule has 1 atom stereocenters. The fraction of sp³-hybridized carbons (Fsp3) is 0.400. The molecule has 0 fully saturated rings. The Morgan fingerprint density at radius 2 is 2.46 bits per heavy atom. The van der Waals surface area contributed by atoms with Crippen LogP contribution in [-0.2, 0) is 0 Å². The summed E-state index contributed by atoms with van der Waals surface area (Å²) >= 11 is 3.29. The van der Waals surface area contributed by atoms with Crippen molar-refractivity contribution < 1.29 is 4.42 Å². The van der Waals surface area contributed by atoms with Crippen LogP contribution in [0.2, 0.25) is 0 Å². The maximum Gasteiger partial charge on any atom is 0.169 e. The van der Waals surface area contributed by atoms with Gasteiger partial charge in [-0.25, -0.2) is 0 Å². The third kappa shape index (κ3) is 2.36. The van der Waals surface area contributed by atoms with Gasteiger partial charge in [-0.3, -0.25) is 0 Å². The Balaban J connectivity index is 2.91. The van der Waals surface area contributed by atoms with Gasteiger partial charge in [0.25, 0.3) is 0 Å². The van der Waals surface area contributed by atoms with Crippen molar-refractivity contribution in [3.8, 4) is 12.3 Å². The van der Waals surface area contributed by atoms with Gasteiger partial charge in [0.1, 0.15) is 5.76 Å². The average Bonchev–Trinajstić information content (AvgIpc) is 2.41. The summed E-state index contributed by atoms with van der Waals surface area (Å²) in [4.78, 5) is 0. The lowest BCUT2D eigenvalue weighted by atomic mass is 10.1. The molecule has 1 heterocycles. The normalized spacial score (nSPS) is 12.5. The summed E-state index contributed by atoms with van der Waals surface area (Å²) in [5, 5.41) is 3.15. The SMILES string of the molecule is C#CCC(NC)c1cc(Br)oc1C. The molecule has 1 unspecified atom stereocenters. The number of rotatable bonds is 3.